The maximum Gasteiger partial charge on any atom is 0.221 e. The minimum absolute atomic E-state index is 0.0869. The van der Waals surface area contributed by atoms with E-state index in [1.807, 2.05) is 43.3 Å². The van der Waals surface area contributed by atoms with Crippen molar-refractivity contribution in [2.45, 2.75) is 11.3 Å². The van der Waals surface area contributed by atoms with E-state index in [1.165, 1.54) is 12.1 Å². The second kappa shape index (κ2) is 9.07. The SMILES string of the molecule is CN(C)c1ccc(C#CCNC(=O)CCS(=O)(=O)c2ccccc2)cc1. The Kier molecular flexibility index (Phi) is 6.81. The quantitative estimate of drug-likeness (QED) is 0.791. The molecule has 0 heterocycles. The molecule has 0 radical (unpaired) electrons. The van der Waals surface area contributed by atoms with E-state index in [1.54, 1.807) is 18.2 Å². The summed E-state index contributed by atoms with van der Waals surface area (Å²) in [6, 6.07) is 15.9. The van der Waals surface area contributed by atoms with Gasteiger partial charge in [-0.05, 0) is 36.4 Å². The smallest absolute Gasteiger partial charge is 0.221 e. The molecule has 0 spiro atoms. The Bertz CT molecular complexity index is 894. The Morgan fingerprint density at radius 2 is 1.69 bits per heavy atom. The first-order chi connectivity index (χ1) is 12.4. The maximum absolute atomic E-state index is 12.1. The van der Waals surface area contributed by atoms with Crippen molar-refractivity contribution >= 4 is 21.4 Å². The van der Waals surface area contributed by atoms with Crippen LogP contribution in [0.4, 0.5) is 5.69 Å². The minimum Gasteiger partial charge on any atom is -0.378 e. The molecule has 0 saturated carbocycles. The van der Waals surface area contributed by atoms with Crippen LogP contribution in [-0.2, 0) is 14.6 Å². The lowest BCUT2D eigenvalue weighted by molar-refractivity contribution is -0.120. The summed E-state index contributed by atoms with van der Waals surface area (Å²) in [6.07, 6.45) is -0.0869. The van der Waals surface area contributed by atoms with Crippen LogP contribution in [0.5, 0.6) is 0 Å². The van der Waals surface area contributed by atoms with Gasteiger partial charge in [0.05, 0.1) is 17.2 Å². The topological polar surface area (TPSA) is 66.5 Å². The summed E-state index contributed by atoms with van der Waals surface area (Å²) >= 11 is 0. The Labute approximate surface area is 155 Å². The lowest BCUT2D eigenvalue weighted by atomic mass is 10.2. The average molecular weight is 370 g/mol. The van der Waals surface area contributed by atoms with E-state index >= 15 is 0 Å². The molecule has 0 aliphatic heterocycles. The zero-order chi connectivity index (χ0) is 19.0. The van der Waals surface area contributed by atoms with Gasteiger partial charge in [0, 0.05) is 31.8 Å². The molecule has 2 rings (SSSR count). The van der Waals surface area contributed by atoms with E-state index in [-0.39, 0.29) is 29.5 Å². The van der Waals surface area contributed by atoms with Crippen molar-refractivity contribution in [3.8, 4) is 11.8 Å². The Morgan fingerprint density at radius 3 is 2.31 bits per heavy atom. The monoisotopic (exact) mass is 370 g/mol. The summed E-state index contributed by atoms with van der Waals surface area (Å²) < 4.78 is 24.2. The number of carbonyl (C=O) groups is 1. The van der Waals surface area contributed by atoms with Crippen LogP contribution in [-0.4, -0.2) is 40.7 Å². The van der Waals surface area contributed by atoms with Gasteiger partial charge in [0.1, 0.15) is 0 Å². The number of nitrogens with zero attached hydrogens (tertiary/aromatic N) is 1. The summed E-state index contributed by atoms with van der Waals surface area (Å²) in [5.41, 5.74) is 1.94. The van der Waals surface area contributed by atoms with Crippen molar-refractivity contribution < 1.29 is 13.2 Å². The molecule has 0 aliphatic carbocycles. The summed E-state index contributed by atoms with van der Waals surface area (Å²) in [5.74, 6) is 5.28. The molecule has 26 heavy (non-hydrogen) atoms. The third-order valence-corrected chi connectivity index (χ3v) is 5.42. The van der Waals surface area contributed by atoms with Crippen LogP contribution in [0.1, 0.15) is 12.0 Å². The minimum atomic E-state index is -3.44. The molecule has 2 aromatic carbocycles. The molecule has 0 fully saturated rings. The zero-order valence-electron chi connectivity index (χ0n) is 14.9. The highest BCUT2D eigenvalue weighted by atomic mass is 32.2. The Hall–Kier alpha value is -2.78. The second-order valence-electron chi connectivity index (χ2n) is 5.90. The first kappa shape index (κ1) is 19.5. The molecule has 0 aliphatic rings. The van der Waals surface area contributed by atoms with E-state index in [4.69, 9.17) is 0 Å². The fraction of sp³-hybridized carbons (Fsp3) is 0.250. The van der Waals surface area contributed by atoms with Gasteiger partial charge < -0.3 is 10.2 Å². The van der Waals surface area contributed by atoms with Crippen LogP contribution in [0.2, 0.25) is 0 Å². The van der Waals surface area contributed by atoms with E-state index in [9.17, 15) is 13.2 Å². The lowest BCUT2D eigenvalue weighted by Crippen LogP contribution is -2.25. The van der Waals surface area contributed by atoms with Gasteiger partial charge in [-0.15, -0.1) is 0 Å². The van der Waals surface area contributed by atoms with Crippen molar-refractivity contribution in [3.05, 3.63) is 60.2 Å². The summed E-state index contributed by atoms with van der Waals surface area (Å²) in [7, 11) is 0.492. The molecule has 0 saturated heterocycles. The number of anilines is 1. The molecular weight excluding hydrogens is 348 g/mol. The molecule has 1 amide bonds. The molecule has 6 heteroatoms. The molecule has 0 atom stereocenters. The van der Waals surface area contributed by atoms with Crippen LogP contribution < -0.4 is 10.2 Å². The first-order valence-electron chi connectivity index (χ1n) is 8.19. The second-order valence-corrected chi connectivity index (χ2v) is 8.01. The molecule has 0 unspecified atom stereocenters. The van der Waals surface area contributed by atoms with Crippen molar-refractivity contribution in [1.82, 2.24) is 5.32 Å². The summed E-state index contributed by atoms with van der Waals surface area (Å²) in [6.45, 7) is 0.180. The number of rotatable bonds is 6. The van der Waals surface area contributed by atoms with E-state index in [2.05, 4.69) is 17.2 Å². The predicted octanol–water partition coefficient (Wildman–Crippen LogP) is 2.08. The number of nitrogens with one attached hydrogen (secondary N) is 1. The fourth-order valence-corrected chi connectivity index (χ4v) is 3.45. The first-order valence-corrected chi connectivity index (χ1v) is 9.84. The van der Waals surface area contributed by atoms with Crippen molar-refractivity contribution in [1.29, 1.82) is 0 Å². The van der Waals surface area contributed by atoms with Gasteiger partial charge in [0.2, 0.25) is 5.91 Å². The van der Waals surface area contributed by atoms with Crippen molar-refractivity contribution in [3.63, 3.8) is 0 Å². The molecule has 5 nitrogen and oxygen atoms in total. The van der Waals surface area contributed by atoms with Gasteiger partial charge in [-0.2, -0.15) is 0 Å². The van der Waals surface area contributed by atoms with Gasteiger partial charge in [-0.25, -0.2) is 8.42 Å². The number of benzene rings is 2. The van der Waals surface area contributed by atoms with Gasteiger partial charge in [-0.1, -0.05) is 30.0 Å². The normalized spacial score (nSPS) is 10.5. The maximum atomic E-state index is 12.1. The van der Waals surface area contributed by atoms with Gasteiger partial charge >= 0.3 is 0 Å². The third-order valence-electron chi connectivity index (χ3n) is 3.69. The molecule has 136 valence electrons. The standard InChI is InChI=1S/C20H22N2O3S/c1-22(2)18-12-10-17(11-13-18)7-6-15-21-20(23)14-16-26(24,25)19-8-4-3-5-9-19/h3-5,8-13H,14-16H2,1-2H3,(H,21,23). The van der Waals surface area contributed by atoms with E-state index < -0.39 is 9.84 Å². The molecule has 2 aromatic rings. The lowest BCUT2D eigenvalue weighted by Gasteiger charge is -2.11. The third kappa shape index (κ3) is 5.94. The predicted molar refractivity (Wildman–Crippen MR) is 104 cm³/mol. The highest BCUT2D eigenvalue weighted by Crippen LogP contribution is 2.12. The van der Waals surface area contributed by atoms with E-state index in [0.29, 0.717) is 0 Å². The number of carbonyl (C=O) groups excluding carboxylic acids is 1. The number of hydrogen-bond donors (Lipinski definition) is 1. The highest BCUT2D eigenvalue weighted by molar-refractivity contribution is 7.91. The van der Waals surface area contributed by atoms with Crippen LogP contribution in [0, 0.1) is 11.8 Å². The Balaban J connectivity index is 1.79. The molecule has 0 bridgehead atoms. The zero-order valence-corrected chi connectivity index (χ0v) is 15.7. The van der Waals surface area contributed by atoms with Crippen molar-refractivity contribution in [2.75, 3.05) is 31.3 Å². The summed E-state index contributed by atoms with van der Waals surface area (Å²) in [4.78, 5) is 14.0. The number of sulfone groups is 1. The number of amides is 1. The van der Waals surface area contributed by atoms with Crippen LogP contribution in [0.25, 0.3) is 0 Å². The Morgan fingerprint density at radius 1 is 1.04 bits per heavy atom. The van der Waals surface area contributed by atoms with Crippen LogP contribution in [0.3, 0.4) is 0 Å². The van der Waals surface area contributed by atoms with Gasteiger partial charge in [0.15, 0.2) is 9.84 Å². The number of hydrogen-bond acceptors (Lipinski definition) is 4. The average Bonchev–Trinajstić information content (AvgIpc) is 2.65. The molecule has 1 N–H and O–H groups in total. The molecule has 0 aromatic heterocycles. The van der Waals surface area contributed by atoms with Crippen LogP contribution in [0.15, 0.2) is 59.5 Å². The van der Waals surface area contributed by atoms with Gasteiger partial charge in [-0.3, -0.25) is 4.79 Å². The summed E-state index contributed by atoms with van der Waals surface area (Å²) in [5, 5.41) is 2.62. The van der Waals surface area contributed by atoms with E-state index in [0.717, 1.165) is 11.3 Å². The largest absolute Gasteiger partial charge is 0.378 e. The fourth-order valence-electron chi connectivity index (χ4n) is 2.19. The highest BCUT2D eigenvalue weighted by Gasteiger charge is 2.15. The van der Waals surface area contributed by atoms with Crippen molar-refractivity contribution in [2.24, 2.45) is 0 Å². The van der Waals surface area contributed by atoms with Gasteiger partial charge in [0.25, 0.3) is 0 Å². The van der Waals surface area contributed by atoms with Crippen LogP contribution >= 0.6 is 0 Å². The molecular formula is C20H22N2O3S.